The Bertz CT molecular complexity index is 197. The molecule has 0 aromatic carbocycles. The van der Waals surface area contributed by atoms with Gasteiger partial charge < -0.3 is 10.2 Å². The fourth-order valence-electron chi connectivity index (χ4n) is 0.497. The lowest BCUT2D eigenvalue weighted by atomic mass is 10.1. The Morgan fingerprint density at radius 2 is 1.92 bits per heavy atom. The molecule has 0 aromatic rings. The summed E-state index contributed by atoms with van der Waals surface area (Å²) in [7, 11) is 0. The van der Waals surface area contributed by atoms with Gasteiger partial charge in [-0.1, -0.05) is 0 Å². The Kier molecular flexibility index (Phi) is 4.36. The zero-order valence-electron chi connectivity index (χ0n) is 7.44. The molecular weight excluding hydrogens is 180 g/mol. The number of carbonyl (C=O) groups is 2. The summed E-state index contributed by atoms with van der Waals surface area (Å²) in [6, 6.07) is 0. The Labute approximate surface area is 75.0 Å². The molecular formula is C7H12O6. The molecule has 0 aliphatic rings. The summed E-state index contributed by atoms with van der Waals surface area (Å²) in [5.41, 5.74) is -0.889. The zero-order chi connectivity index (χ0) is 10.5. The van der Waals surface area contributed by atoms with Gasteiger partial charge in [-0.15, -0.1) is 0 Å². The van der Waals surface area contributed by atoms with Gasteiger partial charge in [-0.3, -0.25) is 4.89 Å². The number of aliphatic hydroxyl groups excluding tert-OH is 1. The Morgan fingerprint density at radius 1 is 1.38 bits per heavy atom. The van der Waals surface area contributed by atoms with Crippen molar-refractivity contribution in [3.8, 4) is 0 Å². The van der Waals surface area contributed by atoms with E-state index in [1.54, 1.807) is 13.8 Å². The van der Waals surface area contributed by atoms with Gasteiger partial charge in [0, 0.05) is 13.0 Å². The molecule has 76 valence electrons. The van der Waals surface area contributed by atoms with Crippen LogP contribution in [-0.2, 0) is 19.4 Å². The van der Waals surface area contributed by atoms with Crippen LogP contribution in [0.4, 0.5) is 0 Å². The van der Waals surface area contributed by atoms with E-state index in [-0.39, 0.29) is 13.0 Å². The summed E-state index contributed by atoms with van der Waals surface area (Å²) in [6.07, 6.45) is 0.236. The number of aliphatic hydroxyl groups is 1. The molecule has 0 fully saturated rings. The summed E-state index contributed by atoms with van der Waals surface area (Å²) in [5.74, 6) is -3.20. The maximum Gasteiger partial charge on any atom is 0.449 e. The largest absolute Gasteiger partial charge is 0.473 e. The second-order valence-corrected chi connectivity index (χ2v) is 2.99. The molecule has 0 aliphatic carbocycles. The number of hydrogen-bond acceptors (Lipinski definition) is 5. The van der Waals surface area contributed by atoms with Crippen molar-refractivity contribution >= 4 is 11.9 Å². The molecule has 0 heterocycles. The third kappa shape index (κ3) is 5.15. The smallest absolute Gasteiger partial charge is 0.449 e. The SMILES string of the molecule is CC(C)(CCO)OOC(=O)C(=O)O. The normalized spacial score (nSPS) is 11.0. The van der Waals surface area contributed by atoms with Crippen LogP contribution < -0.4 is 0 Å². The van der Waals surface area contributed by atoms with Gasteiger partial charge >= 0.3 is 11.9 Å². The van der Waals surface area contributed by atoms with Crippen LogP contribution in [0.2, 0.25) is 0 Å². The quantitative estimate of drug-likeness (QED) is 0.361. The third-order valence-electron chi connectivity index (χ3n) is 1.23. The van der Waals surface area contributed by atoms with Crippen molar-refractivity contribution in [3.05, 3.63) is 0 Å². The monoisotopic (exact) mass is 192 g/mol. The number of hydrogen-bond donors (Lipinski definition) is 2. The van der Waals surface area contributed by atoms with Crippen LogP contribution in [0.15, 0.2) is 0 Å². The van der Waals surface area contributed by atoms with Gasteiger partial charge in [0.05, 0.1) is 0 Å². The summed E-state index contributed by atoms with van der Waals surface area (Å²) < 4.78 is 0. The van der Waals surface area contributed by atoms with Crippen molar-refractivity contribution < 1.29 is 29.6 Å². The lowest BCUT2D eigenvalue weighted by molar-refractivity contribution is -0.325. The molecule has 6 nitrogen and oxygen atoms in total. The molecule has 0 spiro atoms. The van der Waals surface area contributed by atoms with E-state index in [9.17, 15) is 9.59 Å². The minimum absolute atomic E-state index is 0.141. The van der Waals surface area contributed by atoms with Crippen molar-refractivity contribution in [2.24, 2.45) is 0 Å². The van der Waals surface area contributed by atoms with E-state index in [4.69, 9.17) is 10.2 Å². The Hall–Kier alpha value is -1.14. The number of carbonyl (C=O) groups excluding carboxylic acids is 1. The van der Waals surface area contributed by atoms with Gasteiger partial charge in [-0.25, -0.2) is 9.59 Å². The van der Waals surface area contributed by atoms with E-state index in [0.29, 0.717) is 0 Å². The summed E-state index contributed by atoms with van der Waals surface area (Å²) in [5, 5.41) is 16.6. The standard InChI is InChI=1S/C7H12O6/c1-7(2,3-4-8)13-12-6(11)5(9)10/h8H,3-4H2,1-2H3,(H,9,10). The fourth-order valence-corrected chi connectivity index (χ4v) is 0.497. The zero-order valence-corrected chi connectivity index (χ0v) is 7.44. The van der Waals surface area contributed by atoms with Crippen LogP contribution in [-0.4, -0.2) is 34.4 Å². The first-order valence-corrected chi connectivity index (χ1v) is 3.63. The second kappa shape index (κ2) is 4.78. The van der Waals surface area contributed by atoms with Gasteiger partial charge in [0.1, 0.15) is 5.60 Å². The molecule has 2 N–H and O–H groups in total. The van der Waals surface area contributed by atoms with Crippen molar-refractivity contribution in [2.75, 3.05) is 6.61 Å². The molecule has 0 saturated heterocycles. The van der Waals surface area contributed by atoms with Crippen LogP contribution in [0.5, 0.6) is 0 Å². The van der Waals surface area contributed by atoms with E-state index in [1.807, 2.05) is 0 Å². The average Bonchev–Trinajstić information content (AvgIpc) is 2.00. The first-order valence-electron chi connectivity index (χ1n) is 3.63. The first-order chi connectivity index (χ1) is 5.89. The van der Waals surface area contributed by atoms with Crippen molar-refractivity contribution in [1.29, 1.82) is 0 Å². The minimum Gasteiger partial charge on any atom is -0.473 e. The highest BCUT2D eigenvalue weighted by Crippen LogP contribution is 2.13. The molecule has 0 aromatic heterocycles. The predicted octanol–water partition coefficient (Wildman–Crippen LogP) is -0.293. The lowest BCUT2D eigenvalue weighted by Gasteiger charge is -2.20. The molecule has 0 amide bonds. The van der Waals surface area contributed by atoms with Gasteiger partial charge in [-0.2, -0.15) is 4.89 Å². The van der Waals surface area contributed by atoms with Crippen LogP contribution in [0.25, 0.3) is 0 Å². The lowest BCUT2D eigenvalue weighted by Crippen LogP contribution is -2.29. The van der Waals surface area contributed by atoms with Gasteiger partial charge in [-0.05, 0) is 13.8 Å². The molecule has 0 aliphatic heterocycles. The number of rotatable bonds is 4. The highest BCUT2D eigenvalue weighted by atomic mass is 17.2. The summed E-state index contributed by atoms with van der Waals surface area (Å²) >= 11 is 0. The van der Waals surface area contributed by atoms with E-state index in [2.05, 4.69) is 9.78 Å². The molecule has 0 saturated carbocycles. The topological polar surface area (TPSA) is 93.1 Å². The third-order valence-corrected chi connectivity index (χ3v) is 1.23. The van der Waals surface area contributed by atoms with Crippen molar-refractivity contribution in [2.45, 2.75) is 25.9 Å². The van der Waals surface area contributed by atoms with E-state index < -0.39 is 17.5 Å². The van der Waals surface area contributed by atoms with Crippen molar-refractivity contribution in [1.82, 2.24) is 0 Å². The van der Waals surface area contributed by atoms with E-state index >= 15 is 0 Å². The fraction of sp³-hybridized carbons (Fsp3) is 0.714. The number of carboxylic acid groups (broad SMARTS) is 1. The van der Waals surface area contributed by atoms with Crippen LogP contribution in [0.1, 0.15) is 20.3 Å². The maximum atomic E-state index is 10.4. The Balaban J connectivity index is 3.87. The van der Waals surface area contributed by atoms with Gasteiger partial charge in [0.15, 0.2) is 0 Å². The highest BCUT2D eigenvalue weighted by molar-refractivity contribution is 6.28. The Morgan fingerprint density at radius 3 is 2.31 bits per heavy atom. The predicted molar refractivity (Wildman–Crippen MR) is 40.6 cm³/mol. The molecule has 0 unspecified atom stereocenters. The maximum absolute atomic E-state index is 10.4. The molecule has 0 radical (unpaired) electrons. The summed E-state index contributed by atoms with van der Waals surface area (Å²) in [4.78, 5) is 28.8. The van der Waals surface area contributed by atoms with E-state index in [0.717, 1.165) is 0 Å². The van der Waals surface area contributed by atoms with Gasteiger partial charge in [0.25, 0.3) is 0 Å². The first kappa shape index (κ1) is 11.9. The number of aliphatic carboxylic acids is 1. The molecule has 0 bridgehead atoms. The van der Waals surface area contributed by atoms with Gasteiger partial charge in [0.2, 0.25) is 0 Å². The van der Waals surface area contributed by atoms with Crippen LogP contribution in [0.3, 0.4) is 0 Å². The van der Waals surface area contributed by atoms with Crippen LogP contribution >= 0.6 is 0 Å². The van der Waals surface area contributed by atoms with Crippen molar-refractivity contribution in [3.63, 3.8) is 0 Å². The molecule has 13 heavy (non-hydrogen) atoms. The molecule has 0 atom stereocenters. The highest BCUT2D eigenvalue weighted by Gasteiger charge is 2.24. The molecule has 6 heteroatoms. The minimum atomic E-state index is -1.72. The van der Waals surface area contributed by atoms with Crippen LogP contribution in [0, 0.1) is 0 Å². The van der Waals surface area contributed by atoms with E-state index in [1.165, 1.54) is 0 Å². The number of carboxylic acids is 1. The summed E-state index contributed by atoms with van der Waals surface area (Å²) in [6.45, 7) is 2.97. The second-order valence-electron chi connectivity index (χ2n) is 2.99. The molecule has 0 rings (SSSR count). The average molecular weight is 192 g/mol.